The lowest BCUT2D eigenvalue weighted by atomic mass is 10.1. The van der Waals surface area contributed by atoms with Crippen LogP contribution in [-0.2, 0) is 4.79 Å². The van der Waals surface area contributed by atoms with E-state index < -0.39 is 6.10 Å². The first-order chi connectivity index (χ1) is 11.9. The summed E-state index contributed by atoms with van der Waals surface area (Å²) in [4.78, 5) is 12.1. The number of carbonyl (C=O) groups excluding carboxylic acids is 1. The van der Waals surface area contributed by atoms with Gasteiger partial charge in [0.05, 0.1) is 13.3 Å². The van der Waals surface area contributed by atoms with Crippen LogP contribution in [0.4, 0.5) is 0 Å². The minimum atomic E-state index is -0.687. The molecule has 5 nitrogen and oxygen atoms in total. The lowest BCUT2D eigenvalue weighted by molar-refractivity contribution is -0.127. The van der Waals surface area contributed by atoms with E-state index in [0.29, 0.717) is 10.8 Å². The van der Waals surface area contributed by atoms with Crippen LogP contribution in [0.2, 0.25) is 5.02 Å². The molecule has 0 radical (unpaired) electrons. The molecule has 0 spiro atoms. The summed E-state index contributed by atoms with van der Waals surface area (Å²) in [5.74, 6) is 1.02. The molecule has 0 aliphatic heterocycles. The molecule has 0 saturated carbocycles. The minimum Gasteiger partial charge on any atom is -0.497 e. The zero-order valence-corrected chi connectivity index (χ0v) is 15.4. The standard InChI is InChI=1S/C19H21ClN2O3/c1-12-9-17(10-13(2)18(12)20)25-14(3)19(23)22-21-11-15-5-7-16(24-4)8-6-15/h5-11,14H,1-4H3,(H,22,23)/b21-11+. The van der Waals surface area contributed by atoms with Crippen molar-refractivity contribution in [2.24, 2.45) is 5.10 Å². The molecule has 0 heterocycles. The van der Waals surface area contributed by atoms with Crippen molar-refractivity contribution in [3.05, 3.63) is 58.1 Å². The first kappa shape index (κ1) is 18.8. The minimum absolute atomic E-state index is 0.338. The van der Waals surface area contributed by atoms with Crippen molar-refractivity contribution in [2.45, 2.75) is 26.9 Å². The number of carbonyl (C=O) groups is 1. The Morgan fingerprint density at radius 1 is 1.16 bits per heavy atom. The van der Waals surface area contributed by atoms with Crippen LogP contribution in [0.5, 0.6) is 11.5 Å². The van der Waals surface area contributed by atoms with Gasteiger partial charge in [-0.3, -0.25) is 4.79 Å². The molecule has 2 rings (SSSR count). The maximum absolute atomic E-state index is 12.1. The number of aryl methyl sites for hydroxylation is 2. The molecule has 6 heteroatoms. The Hall–Kier alpha value is -2.53. The third kappa shape index (κ3) is 5.22. The lowest BCUT2D eigenvalue weighted by Gasteiger charge is -2.14. The van der Waals surface area contributed by atoms with E-state index in [4.69, 9.17) is 21.1 Å². The highest BCUT2D eigenvalue weighted by atomic mass is 35.5. The summed E-state index contributed by atoms with van der Waals surface area (Å²) in [5.41, 5.74) is 5.12. The van der Waals surface area contributed by atoms with E-state index in [-0.39, 0.29) is 5.91 Å². The largest absolute Gasteiger partial charge is 0.497 e. The van der Waals surface area contributed by atoms with Crippen LogP contribution in [0.1, 0.15) is 23.6 Å². The third-order valence-corrected chi connectivity index (χ3v) is 4.19. The number of hydrogen-bond donors (Lipinski definition) is 1. The van der Waals surface area contributed by atoms with Crippen LogP contribution in [0, 0.1) is 13.8 Å². The normalized spacial score (nSPS) is 12.0. The second-order valence-corrected chi connectivity index (χ2v) is 6.02. The van der Waals surface area contributed by atoms with Crippen molar-refractivity contribution in [3.8, 4) is 11.5 Å². The van der Waals surface area contributed by atoms with Crippen molar-refractivity contribution < 1.29 is 14.3 Å². The van der Waals surface area contributed by atoms with E-state index in [1.807, 2.05) is 38.1 Å². The van der Waals surface area contributed by atoms with Crippen LogP contribution in [0.15, 0.2) is 41.5 Å². The average molecular weight is 361 g/mol. The predicted molar refractivity (Wildman–Crippen MR) is 99.7 cm³/mol. The number of halogens is 1. The van der Waals surface area contributed by atoms with Crippen molar-refractivity contribution in [1.82, 2.24) is 5.43 Å². The van der Waals surface area contributed by atoms with Gasteiger partial charge in [-0.15, -0.1) is 0 Å². The summed E-state index contributed by atoms with van der Waals surface area (Å²) in [5, 5.41) is 4.64. The SMILES string of the molecule is COc1ccc(/C=N/NC(=O)C(C)Oc2cc(C)c(Cl)c(C)c2)cc1. The molecule has 0 aromatic heterocycles. The van der Waals surface area contributed by atoms with Crippen molar-refractivity contribution >= 4 is 23.7 Å². The molecule has 0 fully saturated rings. The number of nitrogens with zero attached hydrogens (tertiary/aromatic N) is 1. The van der Waals surface area contributed by atoms with Gasteiger partial charge in [-0.2, -0.15) is 5.10 Å². The zero-order chi connectivity index (χ0) is 18.4. The fourth-order valence-corrected chi connectivity index (χ4v) is 2.29. The molecular formula is C19H21ClN2O3. The Bertz CT molecular complexity index is 750. The summed E-state index contributed by atoms with van der Waals surface area (Å²) in [6.07, 6.45) is 0.869. The van der Waals surface area contributed by atoms with E-state index >= 15 is 0 Å². The molecule has 1 atom stereocenters. The number of amides is 1. The van der Waals surface area contributed by atoms with Crippen molar-refractivity contribution in [2.75, 3.05) is 7.11 Å². The Morgan fingerprint density at radius 2 is 1.76 bits per heavy atom. The molecule has 1 N–H and O–H groups in total. The molecule has 132 valence electrons. The first-order valence-electron chi connectivity index (χ1n) is 7.81. The maximum Gasteiger partial charge on any atom is 0.280 e. The van der Waals surface area contributed by atoms with Gasteiger partial charge in [-0.1, -0.05) is 11.6 Å². The van der Waals surface area contributed by atoms with Crippen LogP contribution < -0.4 is 14.9 Å². The summed E-state index contributed by atoms with van der Waals surface area (Å²) in [6.45, 7) is 5.45. The van der Waals surface area contributed by atoms with Crippen LogP contribution in [0.25, 0.3) is 0 Å². The Labute approximate surface area is 152 Å². The van der Waals surface area contributed by atoms with E-state index in [1.165, 1.54) is 0 Å². The maximum atomic E-state index is 12.1. The smallest absolute Gasteiger partial charge is 0.280 e. The fraction of sp³-hybridized carbons (Fsp3) is 0.263. The average Bonchev–Trinajstić information content (AvgIpc) is 2.60. The number of methoxy groups -OCH3 is 1. The fourth-order valence-electron chi connectivity index (χ4n) is 2.18. The molecule has 2 aromatic carbocycles. The second-order valence-electron chi connectivity index (χ2n) is 5.64. The van der Waals surface area contributed by atoms with Crippen LogP contribution in [0.3, 0.4) is 0 Å². The number of benzene rings is 2. The number of rotatable bonds is 6. The van der Waals surface area contributed by atoms with Gasteiger partial charge in [0.25, 0.3) is 5.91 Å². The van der Waals surface area contributed by atoms with Gasteiger partial charge in [-0.05, 0) is 73.9 Å². The number of hydrazone groups is 1. The van der Waals surface area contributed by atoms with Gasteiger partial charge in [0.15, 0.2) is 6.10 Å². The molecule has 1 amide bonds. The van der Waals surface area contributed by atoms with Gasteiger partial charge < -0.3 is 9.47 Å². The number of hydrogen-bond acceptors (Lipinski definition) is 4. The molecule has 2 aromatic rings. The lowest BCUT2D eigenvalue weighted by Crippen LogP contribution is -2.33. The first-order valence-corrected chi connectivity index (χ1v) is 8.19. The Balaban J connectivity index is 1.92. The third-order valence-electron chi connectivity index (χ3n) is 3.60. The molecule has 0 saturated heterocycles. The summed E-state index contributed by atoms with van der Waals surface area (Å²) >= 11 is 6.13. The van der Waals surface area contributed by atoms with Gasteiger partial charge in [0, 0.05) is 5.02 Å². The van der Waals surface area contributed by atoms with Gasteiger partial charge in [0.2, 0.25) is 0 Å². The highest BCUT2D eigenvalue weighted by molar-refractivity contribution is 6.32. The van der Waals surface area contributed by atoms with Gasteiger partial charge in [0.1, 0.15) is 11.5 Å². The predicted octanol–water partition coefficient (Wildman–Crippen LogP) is 3.88. The van der Waals surface area contributed by atoms with Gasteiger partial charge >= 0.3 is 0 Å². The van der Waals surface area contributed by atoms with Crippen LogP contribution in [-0.4, -0.2) is 25.3 Å². The molecule has 1 unspecified atom stereocenters. The van der Waals surface area contributed by atoms with E-state index in [2.05, 4.69) is 10.5 Å². The Kier molecular flexibility index (Phi) is 6.42. The highest BCUT2D eigenvalue weighted by Gasteiger charge is 2.15. The topological polar surface area (TPSA) is 59.9 Å². The molecule has 0 bridgehead atoms. The number of nitrogens with one attached hydrogen (secondary N) is 1. The monoisotopic (exact) mass is 360 g/mol. The quantitative estimate of drug-likeness (QED) is 0.628. The van der Waals surface area contributed by atoms with E-state index in [0.717, 1.165) is 22.4 Å². The Morgan fingerprint density at radius 3 is 2.32 bits per heavy atom. The summed E-state index contributed by atoms with van der Waals surface area (Å²) in [6, 6.07) is 10.9. The molecule has 0 aliphatic carbocycles. The van der Waals surface area contributed by atoms with Gasteiger partial charge in [-0.25, -0.2) is 5.43 Å². The number of ether oxygens (including phenoxy) is 2. The van der Waals surface area contributed by atoms with Crippen molar-refractivity contribution in [1.29, 1.82) is 0 Å². The molecule has 0 aliphatic rings. The van der Waals surface area contributed by atoms with E-state index in [9.17, 15) is 4.79 Å². The summed E-state index contributed by atoms with van der Waals surface area (Å²) < 4.78 is 10.7. The molecular weight excluding hydrogens is 340 g/mol. The second kappa shape index (κ2) is 8.53. The zero-order valence-electron chi connectivity index (χ0n) is 14.7. The highest BCUT2D eigenvalue weighted by Crippen LogP contribution is 2.26. The van der Waals surface area contributed by atoms with Crippen LogP contribution >= 0.6 is 11.6 Å². The van der Waals surface area contributed by atoms with Crippen molar-refractivity contribution in [3.63, 3.8) is 0 Å². The van der Waals surface area contributed by atoms with E-state index in [1.54, 1.807) is 32.4 Å². The molecule has 25 heavy (non-hydrogen) atoms. The summed E-state index contributed by atoms with van der Waals surface area (Å²) in [7, 11) is 1.61.